The van der Waals surface area contributed by atoms with E-state index in [1.165, 1.54) is 0 Å². The summed E-state index contributed by atoms with van der Waals surface area (Å²) in [6.45, 7) is 3.80. The predicted octanol–water partition coefficient (Wildman–Crippen LogP) is 0.465. The van der Waals surface area contributed by atoms with Gasteiger partial charge in [0, 0.05) is 58.0 Å². The first kappa shape index (κ1) is 17.4. The molecule has 1 saturated heterocycles. The smallest absolute Gasteiger partial charge is 0.225 e. The van der Waals surface area contributed by atoms with E-state index in [0.29, 0.717) is 12.5 Å². The number of aromatic nitrogens is 4. The van der Waals surface area contributed by atoms with E-state index in [9.17, 15) is 0 Å². The first-order valence-corrected chi connectivity index (χ1v) is 7.27. The second kappa shape index (κ2) is 8.09. The van der Waals surface area contributed by atoms with Crippen molar-refractivity contribution in [2.24, 2.45) is 17.8 Å². The first-order chi connectivity index (χ1) is 10.7. The third-order valence-electron chi connectivity index (χ3n) is 3.74. The number of nitrogens with zero attached hydrogens (tertiary/aromatic N) is 7. The number of piperazine rings is 1. The molecule has 0 amide bonds. The van der Waals surface area contributed by atoms with Crippen LogP contribution in [0.3, 0.4) is 0 Å². The van der Waals surface area contributed by atoms with E-state index in [2.05, 4.69) is 29.7 Å². The van der Waals surface area contributed by atoms with Gasteiger partial charge in [-0.2, -0.15) is 0 Å². The molecule has 8 nitrogen and oxygen atoms in total. The monoisotopic (exact) mass is 428 g/mol. The molecule has 124 valence electrons. The third kappa shape index (κ3) is 4.30. The Labute approximate surface area is 152 Å². The zero-order valence-electron chi connectivity index (χ0n) is 13.0. The Hall–Kier alpha value is -1.91. The van der Waals surface area contributed by atoms with Crippen LogP contribution in [0.5, 0.6) is 0 Å². The van der Waals surface area contributed by atoms with E-state index in [1.54, 1.807) is 18.6 Å². The summed E-state index contributed by atoms with van der Waals surface area (Å²) >= 11 is 0. The van der Waals surface area contributed by atoms with Crippen molar-refractivity contribution < 1.29 is 0 Å². The van der Waals surface area contributed by atoms with Crippen molar-refractivity contribution in [3.8, 4) is 0 Å². The summed E-state index contributed by atoms with van der Waals surface area (Å²) in [5, 5.41) is 0. The van der Waals surface area contributed by atoms with Crippen molar-refractivity contribution in [3.63, 3.8) is 0 Å². The van der Waals surface area contributed by atoms with Crippen molar-refractivity contribution in [1.29, 1.82) is 0 Å². The van der Waals surface area contributed by atoms with Crippen LogP contribution >= 0.6 is 24.0 Å². The fourth-order valence-corrected chi connectivity index (χ4v) is 2.39. The molecule has 0 unspecified atom stereocenters. The van der Waals surface area contributed by atoms with Crippen LogP contribution < -0.4 is 10.6 Å². The number of aliphatic imine (C=N–C) groups is 1. The van der Waals surface area contributed by atoms with Gasteiger partial charge >= 0.3 is 0 Å². The number of hydrogen-bond acceptors (Lipinski definition) is 5. The van der Waals surface area contributed by atoms with Gasteiger partial charge in [0.25, 0.3) is 0 Å². The summed E-state index contributed by atoms with van der Waals surface area (Å²) in [4.78, 5) is 21.5. The van der Waals surface area contributed by atoms with Gasteiger partial charge in [0.15, 0.2) is 5.96 Å². The third-order valence-corrected chi connectivity index (χ3v) is 3.74. The Bertz CT molecular complexity index is 633. The van der Waals surface area contributed by atoms with Crippen LogP contribution in [0.25, 0.3) is 0 Å². The van der Waals surface area contributed by atoms with Crippen LogP contribution in [0.2, 0.25) is 0 Å². The van der Waals surface area contributed by atoms with Gasteiger partial charge in [0.1, 0.15) is 12.4 Å². The number of halogens is 1. The van der Waals surface area contributed by atoms with E-state index in [1.807, 2.05) is 23.9 Å². The van der Waals surface area contributed by atoms with Gasteiger partial charge in [-0.1, -0.05) is 0 Å². The summed E-state index contributed by atoms with van der Waals surface area (Å²) in [7, 11) is 1.95. The first-order valence-electron chi connectivity index (χ1n) is 7.27. The lowest BCUT2D eigenvalue weighted by Gasteiger charge is -2.35. The van der Waals surface area contributed by atoms with Crippen LogP contribution in [0.4, 0.5) is 5.95 Å². The van der Waals surface area contributed by atoms with Crippen LogP contribution in [0.1, 0.15) is 5.82 Å². The van der Waals surface area contributed by atoms with Crippen molar-refractivity contribution in [3.05, 3.63) is 36.7 Å². The quantitative estimate of drug-likeness (QED) is 0.435. The Morgan fingerprint density at radius 3 is 2.43 bits per heavy atom. The standard InChI is InChI=1S/C14H20N8.HI/c1-20-6-5-16-12(20)11-19-13(15)21-7-9-22(10-8-21)14-17-3-2-4-18-14;/h2-6H,7-11H2,1H3,(H2,15,19);1H. The van der Waals surface area contributed by atoms with E-state index in [-0.39, 0.29) is 24.0 Å². The molecular weight excluding hydrogens is 407 g/mol. The number of imidazole rings is 1. The van der Waals surface area contributed by atoms with Gasteiger partial charge in [-0.15, -0.1) is 24.0 Å². The molecule has 9 heteroatoms. The van der Waals surface area contributed by atoms with E-state index < -0.39 is 0 Å². The lowest BCUT2D eigenvalue weighted by Crippen LogP contribution is -2.51. The van der Waals surface area contributed by atoms with Crippen LogP contribution in [-0.4, -0.2) is 56.6 Å². The highest BCUT2D eigenvalue weighted by Gasteiger charge is 2.19. The number of guanidine groups is 1. The molecule has 0 aromatic carbocycles. The van der Waals surface area contributed by atoms with E-state index in [0.717, 1.165) is 38.0 Å². The molecule has 1 aliphatic heterocycles. The molecule has 2 aromatic heterocycles. The highest BCUT2D eigenvalue weighted by molar-refractivity contribution is 14.0. The van der Waals surface area contributed by atoms with Crippen molar-refractivity contribution in [2.75, 3.05) is 31.1 Å². The molecule has 0 spiro atoms. The van der Waals surface area contributed by atoms with E-state index >= 15 is 0 Å². The largest absolute Gasteiger partial charge is 0.370 e. The normalized spacial score (nSPS) is 15.4. The summed E-state index contributed by atoms with van der Waals surface area (Å²) in [5.41, 5.74) is 6.09. The lowest BCUT2D eigenvalue weighted by molar-refractivity contribution is 0.378. The zero-order chi connectivity index (χ0) is 15.4. The maximum atomic E-state index is 6.09. The van der Waals surface area contributed by atoms with Gasteiger partial charge in [-0.05, 0) is 6.07 Å². The molecule has 3 heterocycles. The van der Waals surface area contributed by atoms with Crippen LogP contribution in [-0.2, 0) is 13.6 Å². The molecule has 3 rings (SSSR count). The Morgan fingerprint density at radius 1 is 1.13 bits per heavy atom. The highest BCUT2D eigenvalue weighted by atomic mass is 127. The Morgan fingerprint density at radius 2 is 1.83 bits per heavy atom. The molecule has 0 saturated carbocycles. The Balaban J connectivity index is 0.00000192. The molecule has 2 aromatic rings. The van der Waals surface area contributed by atoms with E-state index in [4.69, 9.17) is 5.73 Å². The van der Waals surface area contributed by atoms with Gasteiger partial charge in [0.05, 0.1) is 0 Å². The Kier molecular flexibility index (Phi) is 6.13. The van der Waals surface area contributed by atoms with Crippen LogP contribution in [0, 0.1) is 0 Å². The molecule has 2 N–H and O–H groups in total. The summed E-state index contributed by atoms with van der Waals surface area (Å²) in [6, 6.07) is 1.82. The van der Waals surface area contributed by atoms with Gasteiger partial charge in [0.2, 0.25) is 5.95 Å². The lowest BCUT2D eigenvalue weighted by atomic mass is 10.3. The fraction of sp³-hybridized carbons (Fsp3) is 0.429. The summed E-state index contributed by atoms with van der Waals surface area (Å²) in [5.74, 6) is 2.24. The molecule has 23 heavy (non-hydrogen) atoms. The molecule has 0 aliphatic carbocycles. The molecular formula is C14H21IN8. The number of nitrogens with two attached hydrogens (primary N) is 1. The topological polar surface area (TPSA) is 88.5 Å². The number of aryl methyl sites for hydroxylation is 1. The average molecular weight is 428 g/mol. The molecule has 1 aliphatic rings. The second-order valence-electron chi connectivity index (χ2n) is 5.15. The zero-order valence-corrected chi connectivity index (χ0v) is 15.4. The molecule has 1 fully saturated rings. The average Bonchev–Trinajstić information content (AvgIpc) is 2.99. The fourth-order valence-electron chi connectivity index (χ4n) is 2.39. The number of anilines is 1. The highest BCUT2D eigenvalue weighted by Crippen LogP contribution is 2.09. The number of rotatable bonds is 3. The molecule has 0 radical (unpaired) electrons. The van der Waals surface area contributed by atoms with Crippen molar-refractivity contribution in [1.82, 2.24) is 24.4 Å². The summed E-state index contributed by atoms with van der Waals surface area (Å²) < 4.78 is 1.95. The predicted molar refractivity (Wildman–Crippen MR) is 99.8 cm³/mol. The maximum absolute atomic E-state index is 6.09. The SMILES string of the molecule is Cn1ccnc1CN=C(N)N1CCN(c2ncccn2)CC1.I. The number of hydrogen-bond donors (Lipinski definition) is 1. The minimum absolute atomic E-state index is 0. The minimum Gasteiger partial charge on any atom is -0.370 e. The second-order valence-corrected chi connectivity index (χ2v) is 5.15. The molecule has 0 bridgehead atoms. The maximum Gasteiger partial charge on any atom is 0.225 e. The minimum atomic E-state index is 0. The van der Waals surface area contributed by atoms with Crippen LogP contribution in [0.15, 0.2) is 35.8 Å². The molecule has 0 atom stereocenters. The van der Waals surface area contributed by atoms with Gasteiger partial charge in [-0.3, -0.25) is 0 Å². The van der Waals surface area contributed by atoms with Crippen molar-refractivity contribution >= 4 is 35.9 Å². The summed E-state index contributed by atoms with van der Waals surface area (Å²) in [6.07, 6.45) is 7.19. The van der Waals surface area contributed by atoms with Gasteiger partial charge < -0.3 is 20.1 Å². The van der Waals surface area contributed by atoms with Crippen molar-refractivity contribution in [2.45, 2.75) is 6.54 Å². The van der Waals surface area contributed by atoms with Gasteiger partial charge in [-0.25, -0.2) is 19.9 Å².